The van der Waals surface area contributed by atoms with E-state index >= 15 is 8.78 Å². The van der Waals surface area contributed by atoms with Crippen LogP contribution in [0, 0.1) is 37.3 Å². The molecule has 0 saturated carbocycles. The monoisotopic (exact) mass is 637 g/mol. The zero-order chi connectivity index (χ0) is 32.6. The number of imidazole rings is 1. The van der Waals surface area contributed by atoms with Crippen molar-refractivity contribution in [3.8, 4) is 11.1 Å². The van der Waals surface area contributed by atoms with Crippen LogP contribution in [-0.4, -0.2) is 54.7 Å². The molecule has 236 valence electrons. The number of carboxylic acid groups (broad SMARTS) is 1. The van der Waals surface area contributed by atoms with E-state index in [4.69, 9.17) is 11.6 Å². The normalized spacial score (nSPS) is 18.7. The SMILES string of the molecule is CCC1CN(C(=O)c2cn3cccnc3n2)[C@H](C(=O)N[C@@H](CC(=O)O)c2cc(-c3c(C)cc(Cl)cc3C)cc(F)c2F)[C@H]1CC. The molecular formula is C33H34ClF2N5O4. The number of rotatable bonds is 9. The molecule has 1 fully saturated rings. The molecule has 4 aromatic rings. The summed E-state index contributed by atoms with van der Waals surface area (Å²) in [5, 5.41) is 12.9. The van der Waals surface area contributed by atoms with Gasteiger partial charge in [-0.2, -0.15) is 0 Å². The third-order valence-electron chi connectivity index (χ3n) is 8.67. The van der Waals surface area contributed by atoms with Gasteiger partial charge in [-0.25, -0.2) is 18.7 Å². The van der Waals surface area contributed by atoms with Crippen LogP contribution in [-0.2, 0) is 9.59 Å². The number of carboxylic acids is 1. The number of aromatic nitrogens is 3. The summed E-state index contributed by atoms with van der Waals surface area (Å²) in [5.74, 6) is -4.84. The Morgan fingerprint density at radius 1 is 1.11 bits per heavy atom. The number of aliphatic carboxylic acids is 1. The van der Waals surface area contributed by atoms with Gasteiger partial charge in [-0.1, -0.05) is 38.3 Å². The van der Waals surface area contributed by atoms with Gasteiger partial charge in [0.05, 0.1) is 12.5 Å². The summed E-state index contributed by atoms with van der Waals surface area (Å²) in [7, 11) is 0. The number of carbonyl (C=O) groups excluding carboxylic acids is 2. The molecule has 2 aromatic carbocycles. The summed E-state index contributed by atoms with van der Waals surface area (Å²) in [6.07, 6.45) is 5.34. The number of carbonyl (C=O) groups is 3. The number of hydrogen-bond acceptors (Lipinski definition) is 5. The Hall–Kier alpha value is -4.38. The number of halogens is 3. The maximum absolute atomic E-state index is 15.5. The van der Waals surface area contributed by atoms with Gasteiger partial charge < -0.3 is 15.3 Å². The van der Waals surface area contributed by atoms with Crippen molar-refractivity contribution in [2.24, 2.45) is 11.8 Å². The summed E-state index contributed by atoms with van der Waals surface area (Å²) in [6, 6.07) is 5.09. The number of benzene rings is 2. The van der Waals surface area contributed by atoms with Gasteiger partial charge in [-0.3, -0.25) is 18.8 Å². The van der Waals surface area contributed by atoms with E-state index < -0.39 is 47.9 Å². The van der Waals surface area contributed by atoms with Crippen LogP contribution in [0.5, 0.6) is 0 Å². The van der Waals surface area contributed by atoms with Crippen LogP contribution in [0.4, 0.5) is 8.78 Å². The lowest BCUT2D eigenvalue weighted by Gasteiger charge is -2.29. The predicted octanol–water partition coefficient (Wildman–Crippen LogP) is 6.15. The second kappa shape index (κ2) is 12.9. The van der Waals surface area contributed by atoms with E-state index in [2.05, 4.69) is 15.3 Å². The highest BCUT2D eigenvalue weighted by Crippen LogP contribution is 2.38. The van der Waals surface area contributed by atoms with Crippen molar-refractivity contribution < 1.29 is 28.3 Å². The highest BCUT2D eigenvalue weighted by atomic mass is 35.5. The van der Waals surface area contributed by atoms with E-state index in [1.807, 2.05) is 13.8 Å². The Bertz CT molecular complexity index is 1740. The minimum absolute atomic E-state index is 0.0175. The lowest BCUT2D eigenvalue weighted by atomic mass is 9.86. The topological polar surface area (TPSA) is 117 Å². The number of fused-ring (bicyclic) bond motifs is 1. The molecule has 1 aliphatic heterocycles. The first-order chi connectivity index (χ1) is 21.4. The second-order valence-electron chi connectivity index (χ2n) is 11.5. The molecule has 0 bridgehead atoms. The molecule has 3 heterocycles. The molecule has 0 radical (unpaired) electrons. The van der Waals surface area contributed by atoms with Gasteiger partial charge in [-0.15, -0.1) is 0 Å². The van der Waals surface area contributed by atoms with Gasteiger partial charge in [0.2, 0.25) is 11.7 Å². The number of likely N-dealkylation sites (tertiary alicyclic amines) is 1. The van der Waals surface area contributed by atoms with Crippen molar-refractivity contribution in [1.29, 1.82) is 0 Å². The largest absolute Gasteiger partial charge is 0.481 e. The standard InChI is InChI=1S/C33H34ClF2N5O4/c1-5-19-15-41(32(45)26-16-40-9-7-8-37-33(40)39-26)30(22(19)6-2)31(44)38-25(14-27(42)43)23-12-20(13-24(35)29(23)36)28-17(3)10-21(34)11-18(28)4/h7-13,16,19,22,25,30H,5-6,14-15H2,1-4H3,(H,38,44)(H,42,43)/t19?,22-,25-,30-/m0/s1. The van der Waals surface area contributed by atoms with Gasteiger partial charge >= 0.3 is 5.97 Å². The Kier molecular flexibility index (Phi) is 9.20. The van der Waals surface area contributed by atoms with Crippen molar-refractivity contribution >= 4 is 35.2 Å². The maximum atomic E-state index is 15.5. The molecule has 2 amide bonds. The highest BCUT2D eigenvalue weighted by molar-refractivity contribution is 6.30. The number of amides is 2. The van der Waals surface area contributed by atoms with Crippen LogP contribution in [0.3, 0.4) is 0 Å². The zero-order valence-electron chi connectivity index (χ0n) is 25.4. The van der Waals surface area contributed by atoms with Crippen LogP contribution < -0.4 is 5.32 Å². The van der Waals surface area contributed by atoms with E-state index in [0.717, 1.165) is 17.2 Å². The molecule has 9 nitrogen and oxygen atoms in total. The molecule has 4 atom stereocenters. The summed E-state index contributed by atoms with van der Waals surface area (Å²) in [5.41, 5.74) is 2.16. The minimum Gasteiger partial charge on any atom is -0.481 e. The zero-order valence-corrected chi connectivity index (χ0v) is 26.1. The number of nitrogens with one attached hydrogen (secondary N) is 1. The number of nitrogens with zero attached hydrogens (tertiary/aromatic N) is 4. The lowest BCUT2D eigenvalue weighted by Crippen LogP contribution is -2.49. The molecule has 1 saturated heterocycles. The average molecular weight is 638 g/mol. The number of aryl methyl sites for hydroxylation is 2. The Morgan fingerprint density at radius 2 is 1.82 bits per heavy atom. The molecule has 1 aliphatic rings. The van der Waals surface area contributed by atoms with Crippen molar-refractivity contribution in [2.45, 2.75) is 59.0 Å². The third-order valence-corrected chi connectivity index (χ3v) is 8.89. The molecule has 2 N–H and O–H groups in total. The van der Waals surface area contributed by atoms with Crippen LogP contribution in [0.1, 0.15) is 66.3 Å². The molecule has 12 heteroatoms. The highest BCUT2D eigenvalue weighted by Gasteiger charge is 2.47. The molecule has 45 heavy (non-hydrogen) atoms. The first-order valence-electron chi connectivity index (χ1n) is 14.8. The quantitative estimate of drug-likeness (QED) is 0.227. The summed E-state index contributed by atoms with van der Waals surface area (Å²) < 4.78 is 32.2. The van der Waals surface area contributed by atoms with Gasteiger partial charge in [0.1, 0.15) is 11.7 Å². The fourth-order valence-corrected chi connectivity index (χ4v) is 6.98. The van der Waals surface area contributed by atoms with E-state index in [1.165, 1.54) is 17.2 Å². The van der Waals surface area contributed by atoms with E-state index in [0.29, 0.717) is 34.8 Å². The Labute approximate surface area is 264 Å². The van der Waals surface area contributed by atoms with Gasteiger partial charge in [0, 0.05) is 35.7 Å². The molecule has 2 aromatic heterocycles. The summed E-state index contributed by atoms with van der Waals surface area (Å²) in [4.78, 5) is 49.8. The Morgan fingerprint density at radius 3 is 2.44 bits per heavy atom. The van der Waals surface area contributed by atoms with Crippen LogP contribution >= 0.6 is 11.6 Å². The molecule has 0 spiro atoms. The average Bonchev–Trinajstić information content (AvgIpc) is 3.59. The van der Waals surface area contributed by atoms with E-state index in [-0.39, 0.29) is 29.6 Å². The molecule has 0 aliphatic carbocycles. The van der Waals surface area contributed by atoms with Crippen LogP contribution in [0.15, 0.2) is 48.9 Å². The van der Waals surface area contributed by atoms with Crippen LogP contribution in [0.2, 0.25) is 5.02 Å². The Balaban J connectivity index is 1.53. The summed E-state index contributed by atoms with van der Waals surface area (Å²) >= 11 is 6.18. The van der Waals surface area contributed by atoms with E-state index in [1.54, 1.807) is 48.8 Å². The van der Waals surface area contributed by atoms with Crippen molar-refractivity contribution in [3.05, 3.63) is 88.0 Å². The van der Waals surface area contributed by atoms with Gasteiger partial charge in [0.15, 0.2) is 11.6 Å². The molecular weight excluding hydrogens is 604 g/mol. The van der Waals surface area contributed by atoms with Crippen molar-refractivity contribution in [1.82, 2.24) is 24.6 Å². The first kappa shape index (κ1) is 32.0. The first-order valence-corrected chi connectivity index (χ1v) is 15.2. The van der Waals surface area contributed by atoms with Crippen molar-refractivity contribution in [2.75, 3.05) is 6.54 Å². The smallest absolute Gasteiger partial charge is 0.305 e. The fraction of sp³-hybridized carbons (Fsp3) is 0.364. The minimum atomic E-state index is -1.42. The fourth-order valence-electron chi connectivity index (χ4n) is 6.65. The van der Waals surface area contributed by atoms with Crippen molar-refractivity contribution in [3.63, 3.8) is 0 Å². The van der Waals surface area contributed by atoms with E-state index in [9.17, 15) is 19.5 Å². The lowest BCUT2D eigenvalue weighted by molar-refractivity contribution is -0.138. The predicted molar refractivity (Wildman–Crippen MR) is 165 cm³/mol. The summed E-state index contributed by atoms with van der Waals surface area (Å²) in [6.45, 7) is 7.74. The third kappa shape index (κ3) is 6.26. The molecule has 1 unspecified atom stereocenters. The number of hydrogen-bond donors (Lipinski definition) is 2. The maximum Gasteiger partial charge on any atom is 0.305 e. The van der Waals surface area contributed by atoms with Gasteiger partial charge in [-0.05, 0) is 78.3 Å². The molecule has 5 rings (SSSR count). The van der Waals surface area contributed by atoms with Gasteiger partial charge in [0.25, 0.3) is 5.91 Å². The van der Waals surface area contributed by atoms with Crippen LogP contribution in [0.25, 0.3) is 16.9 Å². The second-order valence-corrected chi connectivity index (χ2v) is 12.0.